The molecule has 1 aliphatic heterocycles. The molecule has 0 N–H and O–H groups in total. The van der Waals surface area contributed by atoms with Crippen LogP contribution in [-0.2, 0) is 19.4 Å². The second-order valence-corrected chi connectivity index (χ2v) is 7.65. The average Bonchev–Trinajstić information content (AvgIpc) is 2.54. The minimum absolute atomic E-state index is 0.178. The number of ether oxygens (including phenoxy) is 1. The van der Waals surface area contributed by atoms with Crippen molar-refractivity contribution in [2.24, 2.45) is 5.92 Å². The molecule has 6 nitrogen and oxygen atoms in total. The lowest BCUT2D eigenvalue weighted by Gasteiger charge is -2.31. The molecule has 1 atom stereocenters. The molecule has 0 unspecified atom stereocenters. The molecule has 7 heteroatoms. The number of hydrogen-bond acceptors (Lipinski definition) is 5. The Bertz CT molecular complexity index is 681. The fourth-order valence-electron chi connectivity index (χ4n) is 2.64. The van der Waals surface area contributed by atoms with E-state index in [2.05, 4.69) is 0 Å². The van der Waals surface area contributed by atoms with Crippen LogP contribution in [0.25, 0.3) is 0 Å². The Morgan fingerprint density at radius 1 is 1.26 bits per heavy atom. The molecule has 0 radical (unpaired) electrons. The molecule has 1 saturated heterocycles. The van der Waals surface area contributed by atoms with Crippen LogP contribution < -0.4 is 0 Å². The lowest BCUT2D eigenvalue weighted by atomic mass is 9.97. The lowest BCUT2D eigenvalue weighted by Crippen LogP contribution is -2.42. The Labute approximate surface area is 136 Å². The van der Waals surface area contributed by atoms with Gasteiger partial charge in [-0.1, -0.05) is 0 Å². The Morgan fingerprint density at radius 3 is 2.48 bits per heavy atom. The molecule has 0 aliphatic carbocycles. The van der Waals surface area contributed by atoms with Gasteiger partial charge < -0.3 is 9.64 Å². The molecule has 0 aromatic heterocycles. The van der Waals surface area contributed by atoms with Crippen LogP contribution in [0.5, 0.6) is 0 Å². The van der Waals surface area contributed by atoms with E-state index in [1.165, 1.54) is 24.3 Å². The lowest BCUT2D eigenvalue weighted by molar-refractivity contribution is -0.149. The number of hydrogen-bond donors (Lipinski definition) is 0. The average molecular weight is 339 g/mol. The van der Waals surface area contributed by atoms with E-state index < -0.39 is 9.84 Å². The van der Waals surface area contributed by atoms with Crippen molar-refractivity contribution in [1.82, 2.24) is 4.90 Å². The van der Waals surface area contributed by atoms with Crippen LogP contribution in [0, 0.1) is 5.92 Å². The van der Waals surface area contributed by atoms with E-state index >= 15 is 0 Å². The van der Waals surface area contributed by atoms with E-state index in [-0.39, 0.29) is 22.7 Å². The summed E-state index contributed by atoms with van der Waals surface area (Å²) in [6, 6.07) is 5.87. The van der Waals surface area contributed by atoms with Crippen molar-refractivity contribution < 1.29 is 22.7 Å². The van der Waals surface area contributed by atoms with Gasteiger partial charge in [-0.2, -0.15) is 0 Å². The summed E-state index contributed by atoms with van der Waals surface area (Å²) in [4.78, 5) is 26.1. The zero-order valence-corrected chi connectivity index (χ0v) is 14.1. The topological polar surface area (TPSA) is 80.8 Å². The van der Waals surface area contributed by atoms with E-state index in [9.17, 15) is 18.0 Å². The quantitative estimate of drug-likeness (QED) is 0.777. The smallest absolute Gasteiger partial charge is 0.310 e. The minimum atomic E-state index is -3.28. The van der Waals surface area contributed by atoms with Gasteiger partial charge in [0, 0.05) is 24.9 Å². The summed E-state index contributed by atoms with van der Waals surface area (Å²) in [7, 11) is -3.28. The molecule has 0 saturated carbocycles. The largest absolute Gasteiger partial charge is 0.466 e. The first-order chi connectivity index (χ1) is 10.8. The molecular weight excluding hydrogens is 318 g/mol. The Morgan fingerprint density at radius 2 is 1.91 bits per heavy atom. The number of sulfone groups is 1. The van der Waals surface area contributed by atoms with Gasteiger partial charge in [-0.05, 0) is 44.0 Å². The molecule has 0 spiro atoms. The number of carbonyl (C=O) groups excluding carboxylic acids is 2. The number of likely N-dealkylation sites (tertiary alicyclic amines) is 1. The Balaban J connectivity index is 2.09. The number of amides is 1. The molecule has 23 heavy (non-hydrogen) atoms. The molecule has 0 bridgehead atoms. The number of carbonyl (C=O) groups is 2. The third kappa shape index (κ3) is 4.31. The van der Waals surface area contributed by atoms with Crippen molar-refractivity contribution in [3.05, 3.63) is 29.8 Å². The highest BCUT2D eigenvalue weighted by molar-refractivity contribution is 7.90. The second-order valence-electron chi connectivity index (χ2n) is 5.64. The van der Waals surface area contributed by atoms with Crippen LogP contribution in [0.15, 0.2) is 29.2 Å². The number of esters is 1. The Hall–Kier alpha value is -1.89. The van der Waals surface area contributed by atoms with Gasteiger partial charge >= 0.3 is 5.97 Å². The Kier molecular flexibility index (Phi) is 5.41. The van der Waals surface area contributed by atoms with Crippen LogP contribution in [0.3, 0.4) is 0 Å². The summed E-state index contributed by atoms with van der Waals surface area (Å²) in [6.45, 7) is 3.01. The summed E-state index contributed by atoms with van der Waals surface area (Å²) >= 11 is 0. The highest BCUT2D eigenvalue weighted by atomic mass is 32.2. The van der Waals surface area contributed by atoms with Gasteiger partial charge in [-0.3, -0.25) is 9.59 Å². The molecule has 1 aromatic rings. The van der Waals surface area contributed by atoms with E-state index in [4.69, 9.17) is 4.74 Å². The van der Waals surface area contributed by atoms with Crippen molar-refractivity contribution in [3.63, 3.8) is 0 Å². The van der Waals surface area contributed by atoms with E-state index in [1.807, 2.05) is 0 Å². The van der Waals surface area contributed by atoms with E-state index in [0.29, 0.717) is 25.3 Å². The van der Waals surface area contributed by atoms with Crippen molar-refractivity contribution >= 4 is 21.7 Å². The maximum absolute atomic E-state index is 12.5. The first kappa shape index (κ1) is 17.5. The van der Waals surface area contributed by atoms with Crippen LogP contribution in [-0.4, -0.2) is 51.1 Å². The summed E-state index contributed by atoms with van der Waals surface area (Å²) in [5.41, 5.74) is 0.418. The predicted molar refractivity (Wildman–Crippen MR) is 84.8 cm³/mol. The van der Waals surface area contributed by atoms with Gasteiger partial charge in [0.15, 0.2) is 9.84 Å². The highest BCUT2D eigenvalue weighted by Crippen LogP contribution is 2.20. The molecule has 126 valence electrons. The van der Waals surface area contributed by atoms with Gasteiger partial charge in [0.1, 0.15) is 0 Å². The molecule has 1 aliphatic rings. The predicted octanol–water partition coefficient (Wildman–Crippen LogP) is 1.51. The first-order valence-electron chi connectivity index (χ1n) is 7.59. The summed E-state index contributed by atoms with van der Waals surface area (Å²) < 4.78 is 27.9. The number of piperidine rings is 1. The fourth-order valence-corrected chi connectivity index (χ4v) is 3.27. The van der Waals surface area contributed by atoms with Gasteiger partial charge in [0.2, 0.25) is 0 Å². The number of nitrogens with zero attached hydrogens (tertiary/aromatic N) is 1. The maximum Gasteiger partial charge on any atom is 0.310 e. The van der Waals surface area contributed by atoms with Crippen LogP contribution >= 0.6 is 0 Å². The van der Waals surface area contributed by atoms with E-state index in [0.717, 1.165) is 19.1 Å². The second kappa shape index (κ2) is 7.12. The SMILES string of the molecule is CCOC(=O)[C@@H]1CCCN(C(=O)c2ccc(S(C)(=O)=O)cc2)C1. The van der Waals surface area contributed by atoms with Crippen molar-refractivity contribution in [1.29, 1.82) is 0 Å². The normalized spacial score (nSPS) is 18.5. The zero-order chi connectivity index (χ0) is 17.0. The monoisotopic (exact) mass is 339 g/mol. The maximum atomic E-state index is 12.5. The molecule has 1 aromatic carbocycles. The van der Waals surface area contributed by atoms with Crippen molar-refractivity contribution in [2.75, 3.05) is 26.0 Å². The zero-order valence-electron chi connectivity index (χ0n) is 13.3. The van der Waals surface area contributed by atoms with Gasteiger partial charge in [-0.25, -0.2) is 8.42 Å². The summed E-state index contributed by atoms with van der Waals surface area (Å²) in [5, 5.41) is 0. The molecule has 1 amide bonds. The van der Waals surface area contributed by atoms with Crippen molar-refractivity contribution in [2.45, 2.75) is 24.7 Å². The van der Waals surface area contributed by atoms with Crippen LogP contribution in [0.2, 0.25) is 0 Å². The molecule has 1 fully saturated rings. The summed E-state index contributed by atoms with van der Waals surface area (Å²) in [6.07, 6.45) is 2.59. The standard InChI is InChI=1S/C16H21NO5S/c1-3-22-16(19)13-5-4-10-17(11-13)15(18)12-6-8-14(9-7-12)23(2,20)21/h6-9,13H,3-5,10-11H2,1-2H3/t13-/m1/s1. The summed E-state index contributed by atoms with van der Waals surface area (Å²) in [5.74, 6) is -0.751. The van der Waals surface area contributed by atoms with E-state index in [1.54, 1.807) is 11.8 Å². The third-order valence-electron chi connectivity index (χ3n) is 3.86. The fraction of sp³-hybridized carbons (Fsp3) is 0.500. The number of rotatable bonds is 4. The molecule has 2 rings (SSSR count). The highest BCUT2D eigenvalue weighted by Gasteiger charge is 2.29. The number of benzene rings is 1. The van der Waals surface area contributed by atoms with Crippen LogP contribution in [0.1, 0.15) is 30.1 Å². The molecule has 1 heterocycles. The molecular formula is C16H21NO5S. The minimum Gasteiger partial charge on any atom is -0.466 e. The van der Waals surface area contributed by atoms with Crippen LogP contribution in [0.4, 0.5) is 0 Å². The first-order valence-corrected chi connectivity index (χ1v) is 9.48. The van der Waals surface area contributed by atoms with Gasteiger partial charge in [0.05, 0.1) is 17.4 Å². The van der Waals surface area contributed by atoms with Crippen molar-refractivity contribution in [3.8, 4) is 0 Å². The third-order valence-corrected chi connectivity index (χ3v) is 4.99. The van der Waals surface area contributed by atoms with Gasteiger partial charge in [0.25, 0.3) is 5.91 Å². The van der Waals surface area contributed by atoms with Gasteiger partial charge in [-0.15, -0.1) is 0 Å².